The fourth-order valence-corrected chi connectivity index (χ4v) is 4.50. The van der Waals surface area contributed by atoms with Crippen LogP contribution in [0.5, 0.6) is 0 Å². The number of hydrogen-bond acceptors (Lipinski definition) is 4. The highest BCUT2D eigenvalue weighted by atomic mass is 35.5. The van der Waals surface area contributed by atoms with Crippen molar-refractivity contribution in [2.45, 2.75) is 0 Å². The first-order valence-corrected chi connectivity index (χ1v) is 10.0. The van der Waals surface area contributed by atoms with E-state index in [0.717, 1.165) is 15.6 Å². The average molecular weight is 433 g/mol. The van der Waals surface area contributed by atoms with Crippen molar-refractivity contribution in [2.24, 2.45) is 0 Å². The molecule has 2 N–H and O–H groups in total. The molecule has 0 aliphatic carbocycles. The third-order valence-electron chi connectivity index (χ3n) is 4.59. The van der Waals surface area contributed by atoms with Gasteiger partial charge in [-0.1, -0.05) is 48.0 Å². The van der Waals surface area contributed by atoms with Crippen molar-refractivity contribution in [1.29, 1.82) is 5.26 Å². The van der Waals surface area contributed by atoms with Gasteiger partial charge in [0.1, 0.15) is 4.88 Å². The average Bonchev–Trinajstić information content (AvgIpc) is 3.10. The van der Waals surface area contributed by atoms with Crippen molar-refractivity contribution in [3.8, 4) is 17.2 Å². The third-order valence-corrected chi connectivity index (χ3v) is 6.26. The summed E-state index contributed by atoms with van der Waals surface area (Å²) in [4.78, 5) is 24.9. The third kappa shape index (κ3) is 3.64. The summed E-state index contributed by atoms with van der Waals surface area (Å²) in [6.07, 6.45) is 0. The minimum Gasteiger partial charge on any atom is -0.478 e. The Balaban J connectivity index is 1.72. The highest BCUT2D eigenvalue weighted by Crippen LogP contribution is 2.36. The van der Waals surface area contributed by atoms with Crippen LogP contribution < -0.4 is 5.32 Å². The van der Waals surface area contributed by atoms with E-state index in [0.29, 0.717) is 21.0 Å². The van der Waals surface area contributed by atoms with Crippen LogP contribution in [0, 0.1) is 11.3 Å². The van der Waals surface area contributed by atoms with Crippen molar-refractivity contribution >= 4 is 50.6 Å². The zero-order valence-electron chi connectivity index (χ0n) is 15.3. The van der Waals surface area contributed by atoms with Crippen molar-refractivity contribution in [1.82, 2.24) is 0 Å². The summed E-state index contributed by atoms with van der Waals surface area (Å²) in [5.74, 6) is -1.63. The zero-order valence-corrected chi connectivity index (χ0v) is 16.9. The molecule has 4 aromatic rings. The van der Waals surface area contributed by atoms with E-state index in [1.165, 1.54) is 17.4 Å². The molecule has 0 saturated heterocycles. The number of benzene rings is 3. The standard InChI is InChI=1S/C23H13ClN2O3S/c24-20-17-3-1-2-4-19(17)30-21(20)22(27)26-18-11-15(9-10-16(18)23(28)29)14-7-5-13(12-25)6-8-14/h1-11H,(H,26,27)(H,28,29). The number of thiophene rings is 1. The fraction of sp³-hybridized carbons (Fsp3) is 0. The van der Waals surface area contributed by atoms with Gasteiger partial charge >= 0.3 is 5.97 Å². The Labute approximate surface area is 180 Å². The molecule has 1 aromatic heterocycles. The number of anilines is 1. The maximum atomic E-state index is 12.9. The molecule has 5 nitrogen and oxygen atoms in total. The second-order valence-electron chi connectivity index (χ2n) is 6.45. The minimum atomic E-state index is -1.15. The first-order valence-electron chi connectivity index (χ1n) is 8.84. The van der Waals surface area contributed by atoms with Crippen LogP contribution in [0.15, 0.2) is 66.7 Å². The largest absolute Gasteiger partial charge is 0.478 e. The van der Waals surface area contributed by atoms with Crippen molar-refractivity contribution in [3.05, 3.63) is 87.8 Å². The molecule has 0 unspecified atom stereocenters. The Morgan fingerprint density at radius 3 is 2.37 bits per heavy atom. The predicted molar refractivity (Wildman–Crippen MR) is 118 cm³/mol. The van der Waals surface area contributed by atoms with Gasteiger partial charge in [-0.15, -0.1) is 11.3 Å². The molecule has 0 aliphatic heterocycles. The van der Waals surface area contributed by atoms with Gasteiger partial charge in [-0.25, -0.2) is 4.79 Å². The Bertz CT molecular complexity index is 1340. The van der Waals surface area contributed by atoms with Crippen LogP contribution in [0.1, 0.15) is 25.6 Å². The molecule has 7 heteroatoms. The van der Waals surface area contributed by atoms with Crippen LogP contribution >= 0.6 is 22.9 Å². The maximum Gasteiger partial charge on any atom is 0.337 e. The van der Waals surface area contributed by atoms with Gasteiger partial charge in [0.2, 0.25) is 0 Å². The molecule has 0 saturated carbocycles. The second-order valence-corrected chi connectivity index (χ2v) is 7.88. The van der Waals surface area contributed by atoms with Gasteiger partial charge < -0.3 is 10.4 Å². The van der Waals surface area contributed by atoms with E-state index in [-0.39, 0.29) is 11.3 Å². The van der Waals surface area contributed by atoms with Gasteiger partial charge in [0.25, 0.3) is 5.91 Å². The minimum absolute atomic E-state index is 0.0296. The lowest BCUT2D eigenvalue weighted by Crippen LogP contribution is -2.14. The van der Waals surface area contributed by atoms with Gasteiger partial charge in [0.15, 0.2) is 0 Å². The van der Waals surface area contributed by atoms with Crippen LogP contribution in [0.3, 0.4) is 0 Å². The fourth-order valence-electron chi connectivity index (χ4n) is 3.09. The van der Waals surface area contributed by atoms with Gasteiger partial charge in [-0.2, -0.15) is 5.26 Å². The summed E-state index contributed by atoms with van der Waals surface area (Å²) in [6.45, 7) is 0. The van der Waals surface area contributed by atoms with Crippen LogP contribution in [0.25, 0.3) is 21.2 Å². The Hall–Kier alpha value is -3.66. The number of fused-ring (bicyclic) bond motifs is 1. The summed E-state index contributed by atoms with van der Waals surface area (Å²) in [5, 5.41) is 22.3. The van der Waals surface area contributed by atoms with E-state index in [2.05, 4.69) is 11.4 Å². The number of hydrogen-bond donors (Lipinski definition) is 2. The quantitative estimate of drug-likeness (QED) is 0.411. The van der Waals surface area contributed by atoms with Gasteiger partial charge in [-0.05, 0) is 41.5 Å². The van der Waals surface area contributed by atoms with Gasteiger partial charge in [0.05, 0.1) is 27.9 Å². The number of nitrogens with one attached hydrogen (secondary N) is 1. The molecule has 1 heterocycles. The molecule has 0 atom stereocenters. The highest BCUT2D eigenvalue weighted by molar-refractivity contribution is 7.21. The monoisotopic (exact) mass is 432 g/mol. The van der Waals surface area contributed by atoms with Gasteiger partial charge in [0, 0.05) is 10.1 Å². The number of rotatable bonds is 4. The Morgan fingerprint density at radius 1 is 1.00 bits per heavy atom. The summed E-state index contributed by atoms with van der Waals surface area (Å²) in [7, 11) is 0. The van der Waals surface area contributed by atoms with E-state index in [1.54, 1.807) is 36.4 Å². The first-order chi connectivity index (χ1) is 14.5. The van der Waals surface area contributed by atoms with Crippen molar-refractivity contribution < 1.29 is 14.7 Å². The second kappa shape index (κ2) is 7.99. The van der Waals surface area contributed by atoms with Crippen molar-refractivity contribution in [3.63, 3.8) is 0 Å². The summed E-state index contributed by atoms with van der Waals surface area (Å²) in [6, 6.07) is 21.0. The van der Waals surface area contributed by atoms with E-state index in [1.807, 2.05) is 24.3 Å². The number of amides is 1. The van der Waals surface area contributed by atoms with E-state index < -0.39 is 11.9 Å². The van der Waals surface area contributed by atoms with Crippen LogP contribution in [-0.4, -0.2) is 17.0 Å². The topological polar surface area (TPSA) is 90.2 Å². The van der Waals surface area contributed by atoms with Crippen LogP contribution in [0.4, 0.5) is 5.69 Å². The van der Waals surface area contributed by atoms with Crippen LogP contribution in [0.2, 0.25) is 5.02 Å². The molecule has 30 heavy (non-hydrogen) atoms. The zero-order chi connectivity index (χ0) is 21.3. The number of carbonyl (C=O) groups is 2. The number of aromatic carboxylic acids is 1. The number of nitriles is 1. The molecule has 146 valence electrons. The summed E-state index contributed by atoms with van der Waals surface area (Å²) >= 11 is 7.63. The number of carbonyl (C=O) groups excluding carboxylic acids is 1. The number of nitrogens with zero attached hydrogens (tertiary/aromatic N) is 1. The molecule has 0 aliphatic rings. The van der Waals surface area contributed by atoms with E-state index >= 15 is 0 Å². The number of halogens is 1. The maximum absolute atomic E-state index is 12.9. The Morgan fingerprint density at radius 2 is 1.70 bits per heavy atom. The molecule has 4 rings (SSSR count). The normalized spacial score (nSPS) is 10.5. The predicted octanol–water partition coefficient (Wildman–Crippen LogP) is 6.04. The molecule has 3 aromatic carbocycles. The SMILES string of the molecule is N#Cc1ccc(-c2ccc(C(=O)O)c(NC(=O)c3sc4ccccc4c3Cl)c2)cc1. The lowest BCUT2D eigenvalue weighted by Gasteiger charge is -2.11. The smallest absolute Gasteiger partial charge is 0.337 e. The molecule has 0 fully saturated rings. The van der Waals surface area contributed by atoms with Crippen LogP contribution in [-0.2, 0) is 0 Å². The lowest BCUT2D eigenvalue weighted by atomic mass is 10.0. The van der Waals surface area contributed by atoms with E-state index in [4.69, 9.17) is 16.9 Å². The molecule has 0 spiro atoms. The molecule has 0 radical (unpaired) electrons. The summed E-state index contributed by atoms with van der Waals surface area (Å²) in [5.41, 5.74) is 2.17. The number of carboxylic acids is 1. The molecular weight excluding hydrogens is 420 g/mol. The first kappa shape index (κ1) is 19.6. The molecular formula is C23H13ClN2O3S. The highest BCUT2D eigenvalue weighted by Gasteiger charge is 2.20. The van der Waals surface area contributed by atoms with Gasteiger partial charge in [-0.3, -0.25) is 4.79 Å². The van der Waals surface area contributed by atoms with E-state index in [9.17, 15) is 14.7 Å². The summed E-state index contributed by atoms with van der Waals surface area (Å²) < 4.78 is 0.873. The molecule has 0 bridgehead atoms. The number of carboxylic acid groups (broad SMARTS) is 1. The Kier molecular flexibility index (Phi) is 5.23. The lowest BCUT2D eigenvalue weighted by molar-refractivity contribution is 0.0698. The molecule has 1 amide bonds. The van der Waals surface area contributed by atoms with Crippen molar-refractivity contribution in [2.75, 3.05) is 5.32 Å².